The second-order valence-electron chi connectivity index (χ2n) is 8.09. The average Bonchev–Trinajstić information content (AvgIpc) is 2.77. The molecule has 2 aliphatic rings. The summed E-state index contributed by atoms with van der Waals surface area (Å²) >= 11 is 5.93. The smallest absolute Gasteiger partial charge is 0.260 e. The van der Waals surface area contributed by atoms with Gasteiger partial charge in [0.15, 0.2) is 6.73 Å². The van der Waals surface area contributed by atoms with Crippen molar-refractivity contribution in [1.29, 1.82) is 0 Å². The van der Waals surface area contributed by atoms with Gasteiger partial charge in [0.1, 0.15) is 10.9 Å². The van der Waals surface area contributed by atoms with Gasteiger partial charge in [-0.1, -0.05) is 54.8 Å². The normalized spacial score (nSPS) is 21.4. The number of aliphatic hydroxyl groups is 1. The van der Waals surface area contributed by atoms with Crippen LogP contribution in [0.5, 0.6) is 5.75 Å². The van der Waals surface area contributed by atoms with E-state index in [2.05, 4.69) is 11.1 Å². The second-order valence-corrected chi connectivity index (χ2v) is 8.48. The van der Waals surface area contributed by atoms with Crippen LogP contribution in [0.1, 0.15) is 47.2 Å². The Morgan fingerprint density at radius 2 is 1.93 bits per heavy atom. The summed E-state index contributed by atoms with van der Waals surface area (Å²) in [7, 11) is 0. The first-order valence-corrected chi connectivity index (χ1v) is 10.8. The minimum atomic E-state index is -0.493. The number of ether oxygens (including phenoxy) is 1. The van der Waals surface area contributed by atoms with Gasteiger partial charge in [-0.3, -0.25) is 9.69 Å². The van der Waals surface area contributed by atoms with Gasteiger partial charge in [-0.05, 0) is 47.9 Å². The van der Waals surface area contributed by atoms with Crippen LogP contribution in [-0.2, 0) is 6.42 Å². The molecule has 1 aliphatic carbocycles. The number of rotatable bonds is 3. The molecule has 2 atom stereocenters. The number of carbonyl (C=O) groups excluding carboxylic acids is 1. The molecular weight excluding hydrogens is 400 g/mol. The zero-order valence-corrected chi connectivity index (χ0v) is 17.3. The number of hydrogen-bond donors (Lipinski definition) is 1. The van der Waals surface area contributed by atoms with E-state index < -0.39 is 6.10 Å². The third kappa shape index (κ3) is 3.42. The van der Waals surface area contributed by atoms with Crippen LogP contribution in [0, 0.1) is 0 Å². The van der Waals surface area contributed by atoms with Crippen LogP contribution in [0.4, 0.5) is 0 Å². The molecular formula is C24H23ClN2O3. The Morgan fingerprint density at radius 1 is 1.13 bits per heavy atom. The summed E-state index contributed by atoms with van der Waals surface area (Å²) in [5.74, 6) is 0.568. The fraction of sp³-hybridized carbons (Fsp3) is 0.333. The third-order valence-corrected chi connectivity index (χ3v) is 6.42. The van der Waals surface area contributed by atoms with Crippen LogP contribution in [0.25, 0.3) is 10.8 Å². The van der Waals surface area contributed by atoms with Gasteiger partial charge in [-0.25, -0.2) is 4.98 Å². The molecule has 5 nitrogen and oxygen atoms in total. The predicted molar refractivity (Wildman–Crippen MR) is 116 cm³/mol. The van der Waals surface area contributed by atoms with Crippen molar-refractivity contribution in [3.05, 3.63) is 70.5 Å². The fourth-order valence-electron chi connectivity index (χ4n) is 4.66. The minimum Gasteiger partial charge on any atom is -0.472 e. The van der Waals surface area contributed by atoms with Crippen molar-refractivity contribution in [2.24, 2.45) is 0 Å². The fourth-order valence-corrected chi connectivity index (χ4v) is 4.78. The van der Waals surface area contributed by atoms with Gasteiger partial charge >= 0.3 is 0 Å². The topological polar surface area (TPSA) is 62.7 Å². The summed E-state index contributed by atoms with van der Waals surface area (Å²) in [5, 5.41) is 12.9. The standard InChI is InChI=1S/C24H23ClN2O3/c25-22-10-9-15(13-26-22)11-16-12-19-23(18-6-2-1-5-17(16)18)30-14-27(24(19)29)20-7-3-4-8-21(20)28/h1-2,5-6,9-10,12-13,20-21,28H,3-4,7-8,11,14H2/t20-,21?/m0/s1. The van der Waals surface area contributed by atoms with E-state index in [4.69, 9.17) is 16.3 Å². The van der Waals surface area contributed by atoms with Gasteiger partial charge in [0.2, 0.25) is 0 Å². The Labute approximate surface area is 180 Å². The van der Waals surface area contributed by atoms with E-state index in [9.17, 15) is 9.90 Å². The zero-order chi connectivity index (χ0) is 20.7. The molecule has 0 spiro atoms. The van der Waals surface area contributed by atoms with Gasteiger partial charge < -0.3 is 9.84 Å². The number of hydrogen-bond acceptors (Lipinski definition) is 4. The summed E-state index contributed by atoms with van der Waals surface area (Å²) < 4.78 is 6.11. The molecule has 0 bridgehead atoms. The molecule has 1 amide bonds. The summed E-state index contributed by atoms with van der Waals surface area (Å²) in [5.41, 5.74) is 2.62. The molecule has 1 unspecified atom stereocenters. The SMILES string of the molecule is O=C1c2cc(Cc3ccc(Cl)nc3)c3ccccc3c2OCN1[C@H]1CCCCC1O. The van der Waals surface area contributed by atoms with E-state index in [1.165, 1.54) is 0 Å². The maximum Gasteiger partial charge on any atom is 0.260 e. The van der Waals surface area contributed by atoms with Crippen molar-refractivity contribution in [3.63, 3.8) is 0 Å². The molecule has 2 aromatic carbocycles. The lowest BCUT2D eigenvalue weighted by molar-refractivity contribution is -0.0120. The first kappa shape index (κ1) is 19.3. The molecule has 0 radical (unpaired) electrons. The Hall–Kier alpha value is -2.63. The largest absolute Gasteiger partial charge is 0.472 e. The highest BCUT2D eigenvalue weighted by atomic mass is 35.5. The van der Waals surface area contributed by atoms with E-state index in [-0.39, 0.29) is 18.7 Å². The van der Waals surface area contributed by atoms with E-state index in [0.717, 1.165) is 47.6 Å². The lowest BCUT2D eigenvalue weighted by atomic mass is 9.90. The molecule has 1 fully saturated rings. The van der Waals surface area contributed by atoms with E-state index in [1.807, 2.05) is 30.3 Å². The van der Waals surface area contributed by atoms with Crippen molar-refractivity contribution in [3.8, 4) is 5.75 Å². The van der Waals surface area contributed by atoms with Gasteiger partial charge in [0.25, 0.3) is 5.91 Å². The second kappa shape index (κ2) is 7.89. The number of aromatic nitrogens is 1. The molecule has 2 heterocycles. The highest BCUT2D eigenvalue weighted by Crippen LogP contribution is 2.38. The number of benzene rings is 2. The molecule has 5 rings (SSSR count). The maximum absolute atomic E-state index is 13.5. The Kier molecular flexibility index (Phi) is 5.09. The number of pyridine rings is 1. The van der Waals surface area contributed by atoms with E-state index in [1.54, 1.807) is 17.2 Å². The zero-order valence-electron chi connectivity index (χ0n) is 16.6. The van der Waals surface area contributed by atoms with Crippen LogP contribution in [0.2, 0.25) is 5.15 Å². The predicted octanol–water partition coefficient (Wildman–Crippen LogP) is 4.57. The molecule has 1 saturated carbocycles. The Morgan fingerprint density at radius 3 is 2.70 bits per heavy atom. The Bertz CT molecular complexity index is 1100. The Balaban J connectivity index is 1.57. The van der Waals surface area contributed by atoms with Crippen molar-refractivity contribution < 1.29 is 14.6 Å². The molecule has 1 aliphatic heterocycles. The average molecular weight is 423 g/mol. The van der Waals surface area contributed by atoms with Gasteiger partial charge in [0.05, 0.1) is 17.7 Å². The number of carbonyl (C=O) groups is 1. The number of aliphatic hydroxyl groups excluding tert-OH is 1. The third-order valence-electron chi connectivity index (χ3n) is 6.20. The summed E-state index contributed by atoms with van der Waals surface area (Å²) in [4.78, 5) is 19.3. The number of amides is 1. The van der Waals surface area contributed by atoms with Crippen molar-refractivity contribution in [2.75, 3.05) is 6.73 Å². The van der Waals surface area contributed by atoms with Crippen LogP contribution in [0.3, 0.4) is 0 Å². The lowest BCUT2D eigenvalue weighted by Gasteiger charge is -2.40. The highest BCUT2D eigenvalue weighted by molar-refractivity contribution is 6.29. The first-order chi connectivity index (χ1) is 14.6. The van der Waals surface area contributed by atoms with Crippen molar-refractivity contribution in [2.45, 2.75) is 44.2 Å². The van der Waals surface area contributed by atoms with Gasteiger partial charge in [-0.15, -0.1) is 0 Å². The molecule has 154 valence electrons. The molecule has 30 heavy (non-hydrogen) atoms. The van der Waals surface area contributed by atoms with Crippen molar-refractivity contribution >= 4 is 28.3 Å². The number of nitrogens with zero attached hydrogens (tertiary/aromatic N) is 2. The van der Waals surface area contributed by atoms with Crippen LogP contribution < -0.4 is 4.74 Å². The van der Waals surface area contributed by atoms with Crippen LogP contribution >= 0.6 is 11.6 Å². The molecule has 1 N–H and O–H groups in total. The number of fused-ring (bicyclic) bond motifs is 3. The monoisotopic (exact) mass is 422 g/mol. The van der Waals surface area contributed by atoms with Gasteiger partial charge in [-0.2, -0.15) is 0 Å². The summed E-state index contributed by atoms with van der Waals surface area (Å²) in [6.07, 6.45) is 5.46. The molecule has 1 aromatic heterocycles. The molecule has 0 saturated heterocycles. The van der Waals surface area contributed by atoms with Gasteiger partial charge in [0, 0.05) is 11.6 Å². The molecule has 3 aromatic rings. The quantitative estimate of drug-likeness (QED) is 0.628. The van der Waals surface area contributed by atoms with Crippen LogP contribution in [-0.4, -0.2) is 39.8 Å². The highest BCUT2D eigenvalue weighted by Gasteiger charge is 2.37. The summed E-state index contributed by atoms with van der Waals surface area (Å²) in [6, 6.07) is 13.5. The first-order valence-electron chi connectivity index (χ1n) is 10.4. The molecule has 6 heteroatoms. The van der Waals surface area contributed by atoms with E-state index in [0.29, 0.717) is 22.9 Å². The van der Waals surface area contributed by atoms with Crippen molar-refractivity contribution in [1.82, 2.24) is 9.88 Å². The summed E-state index contributed by atoms with van der Waals surface area (Å²) in [6.45, 7) is 0.179. The number of halogens is 1. The minimum absolute atomic E-state index is 0.0663. The maximum atomic E-state index is 13.5. The van der Waals surface area contributed by atoms with Crippen LogP contribution in [0.15, 0.2) is 48.7 Å². The lowest BCUT2D eigenvalue weighted by Crippen LogP contribution is -2.51. The van der Waals surface area contributed by atoms with E-state index >= 15 is 0 Å².